The molecule has 27 heavy (non-hydrogen) atoms. The molecule has 2 rings (SSSR count). The van der Waals surface area contributed by atoms with E-state index in [2.05, 4.69) is 11.9 Å². The van der Waals surface area contributed by atoms with Crippen LogP contribution >= 0.6 is 0 Å². The Balaban J connectivity index is 2.00. The first kappa shape index (κ1) is 20.8. The minimum absolute atomic E-state index is 0.153. The maximum Gasteiger partial charge on any atom is 0.414 e. The van der Waals surface area contributed by atoms with Gasteiger partial charge in [-0.1, -0.05) is 24.8 Å². The van der Waals surface area contributed by atoms with Gasteiger partial charge in [0.15, 0.2) is 6.10 Å². The lowest BCUT2D eigenvalue weighted by molar-refractivity contribution is -0.278. The first-order chi connectivity index (χ1) is 12.9. The van der Waals surface area contributed by atoms with E-state index in [0.29, 0.717) is 11.3 Å². The molecule has 0 aromatic heterocycles. The monoisotopic (exact) mass is 383 g/mol. The molecule has 1 saturated heterocycles. The molecule has 1 heterocycles. The number of aliphatic hydroxyl groups is 4. The fourth-order valence-corrected chi connectivity index (χ4v) is 2.31. The highest BCUT2D eigenvalue weighted by molar-refractivity contribution is 5.84. The fraction of sp³-hybridized carbons (Fsp3) is 0.412. The molecule has 0 aliphatic carbocycles. The summed E-state index contributed by atoms with van der Waals surface area (Å²) in [7, 11) is 0. The molecule has 1 amide bonds. The normalized spacial score (nSPS) is 27.5. The summed E-state index contributed by atoms with van der Waals surface area (Å²) in [5.74, 6) is -1.01. The molecule has 5 N–H and O–H groups in total. The molecule has 0 spiro atoms. The van der Waals surface area contributed by atoms with Crippen molar-refractivity contribution in [3.63, 3.8) is 0 Å². The predicted molar refractivity (Wildman–Crippen MR) is 90.3 cm³/mol. The minimum atomic E-state index is -1.80. The van der Waals surface area contributed by atoms with Crippen molar-refractivity contribution in [2.75, 3.05) is 11.9 Å². The number of carbonyl (C=O) groups is 2. The van der Waals surface area contributed by atoms with Crippen LogP contribution in [0.1, 0.15) is 5.56 Å². The van der Waals surface area contributed by atoms with Crippen LogP contribution in [0.4, 0.5) is 10.5 Å². The van der Waals surface area contributed by atoms with Crippen LogP contribution in [0.2, 0.25) is 0 Å². The topological polar surface area (TPSA) is 155 Å². The maximum absolute atomic E-state index is 12.0. The molecule has 10 nitrogen and oxygen atoms in total. The van der Waals surface area contributed by atoms with Gasteiger partial charge in [-0.2, -0.15) is 0 Å². The molecular formula is C17H21NO9. The second-order valence-corrected chi connectivity index (χ2v) is 5.70. The Kier molecular flexibility index (Phi) is 7.28. The number of esters is 1. The SMILES string of the molecule is C=CCOC(=O)C1OC(OC(=O)Nc2ccc(CO)cc2)C(O)C(O)C1O. The van der Waals surface area contributed by atoms with E-state index in [-0.39, 0.29) is 13.2 Å². The summed E-state index contributed by atoms with van der Waals surface area (Å²) < 4.78 is 14.7. The van der Waals surface area contributed by atoms with E-state index in [9.17, 15) is 24.9 Å². The molecule has 1 aromatic rings. The Hall–Kier alpha value is -2.50. The smallest absolute Gasteiger partial charge is 0.414 e. The lowest BCUT2D eigenvalue weighted by Crippen LogP contribution is -2.61. The van der Waals surface area contributed by atoms with Gasteiger partial charge in [0.05, 0.1) is 6.61 Å². The third-order valence-electron chi connectivity index (χ3n) is 3.75. The highest BCUT2D eigenvalue weighted by Gasteiger charge is 2.49. The van der Waals surface area contributed by atoms with E-state index in [1.807, 2.05) is 0 Å². The summed E-state index contributed by atoms with van der Waals surface area (Å²) in [6.45, 7) is 3.06. The van der Waals surface area contributed by atoms with E-state index in [4.69, 9.17) is 19.3 Å². The molecule has 5 unspecified atom stereocenters. The van der Waals surface area contributed by atoms with Crippen molar-refractivity contribution in [1.82, 2.24) is 0 Å². The first-order valence-corrected chi connectivity index (χ1v) is 8.02. The van der Waals surface area contributed by atoms with Crippen LogP contribution in [0.3, 0.4) is 0 Å². The molecule has 1 aliphatic heterocycles. The van der Waals surface area contributed by atoms with E-state index >= 15 is 0 Å². The van der Waals surface area contributed by atoms with Crippen molar-refractivity contribution >= 4 is 17.7 Å². The van der Waals surface area contributed by atoms with Crippen molar-refractivity contribution in [2.24, 2.45) is 0 Å². The van der Waals surface area contributed by atoms with Gasteiger partial charge < -0.3 is 34.6 Å². The summed E-state index contributed by atoms with van der Waals surface area (Å²) in [5.41, 5.74) is 0.975. The second-order valence-electron chi connectivity index (χ2n) is 5.70. The molecule has 0 saturated carbocycles. The van der Waals surface area contributed by atoms with Gasteiger partial charge >= 0.3 is 12.1 Å². The number of aliphatic hydroxyl groups excluding tert-OH is 4. The minimum Gasteiger partial charge on any atom is -0.459 e. The molecule has 5 atom stereocenters. The quantitative estimate of drug-likeness (QED) is 0.316. The number of amides is 1. The van der Waals surface area contributed by atoms with Crippen LogP contribution in [-0.4, -0.2) is 69.8 Å². The zero-order valence-electron chi connectivity index (χ0n) is 14.2. The van der Waals surface area contributed by atoms with Gasteiger partial charge in [-0.3, -0.25) is 5.32 Å². The third-order valence-corrected chi connectivity index (χ3v) is 3.75. The first-order valence-electron chi connectivity index (χ1n) is 8.02. The van der Waals surface area contributed by atoms with Crippen LogP contribution in [0.25, 0.3) is 0 Å². The predicted octanol–water partition coefficient (Wildman–Crippen LogP) is -0.736. The molecule has 0 bridgehead atoms. The lowest BCUT2D eigenvalue weighted by Gasteiger charge is -2.38. The highest BCUT2D eigenvalue weighted by atomic mass is 16.7. The molecule has 1 aromatic carbocycles. The molecule has 148 valence electrons. The van der Waals surface area contributed by atoms with Crippen molar-refractivity contribution in [3.8, 4) is 0 Å². The van der Waals surface area contributed by atoms with Gasteiger partial charge in [0.2, 0.25) is 6.29 Å². The summed E-state index contributed by atoms with van der Waals surface area (Å²) in [5, 5.41) is 41.0. The van der Waals surface area contributed by atoms with E-state index in [0.717, 1.165) is 0 Å². The van der Waals surface area contributed by atoms with Gasteiger partial charge in [0, 0.05) is 5.69 Å². The number of hydrogen-bond acceptors (Lipinski definition) is 9. The molecular weight excluding hydrogens is 362 g/mol. The van der Waals surface area contributed by atoms with Gasteiger partial charge in [-0.25, -0.2) is 9.59 Å². The lowest BCUT2D eigenvalue weighted by atomic mass is 9.99. The maximum atomic E-state index is 12.0. The van der Waals surface area contributed by atoms with Crippen molar-refractivity contribution in [3.05, 3.63) is 42.5 Å². The third kappa shape index (κ3) is 5.25. The van der Waals surface area contributed by atoms with E-state index in [1.54, 1.807) is 12.1 Å². The van der Waals surface area contributed by atoms with E-state index in [1.165, 1.54) is 18.2 Å². The molecule has 0 radical (unpaired) electrons. The number of nitrogens with one attached hydrogen (secondary N) is 1. The number of hydrogen-bond donors (Lipinski definition) is 5. The Morgan fingerprint density at radius 3 is 2.41 bits per heavy atom. The van der Waals surface area contributed by atoms with Crippen molar-refractivity contribution in [1.29, 1.82) is 0 Å². The van der Waals surface area contributed by atoms with Crippen molar-refractivity contribution in [2.45, 2.75) is 37.3 Å². The average Bonchev–Trinajstić information content (AvgIpc) is 2.67. The van der Waals surface area contributed by atoms with E-state index < -0.39 is 42.8 Å². The Labute approximate surface area is 154 Å². The molecule has 1 aliphatic rings. The summed E-state index contributed by atoms with van der Waals surface area (Å²) >= 11 is 0. The number of benzene rings is 1. The molecule has 1 fully saturated rings. The summed E-state index contributed by atoms with van der Waals surface area (Å²) in [6.07, 6.45) is -8.48. The fourth-order valence-electron chi connectivity index (χ4n) is 2.31. The number of rotatable bonds is 6. The standard InChI is InChI=1S/C17H21NO9/c1-2-7-25-15(23)14-12(21)11(20)13(22)16(26-14)27-17(24)18-10-5-3-9(8-19)4-6-10/h2-6,11-14,16,19-22H,1,7-8H2,(H,18,24). The van der Waals surface area contributed by atoms with Gasteiger partial charge in [0.25, 0.3) is 0 Å². The van der Waals surface area contributed by atoms with Crippen LogP contribution in [-0.2, 0) is 25.6 Å². The van der Waals surface area contributed by atoms with Crippen LogP contribution < -0.4 is 5.32 Å². The molecule has 10 heteroatoms. The van der Waals surface area contributed by atoms with Crippen LogP contribution in [0.5, 0.6) is 0 Å². The van der Waals surface area contributed by atoms with Gasteiger partial charge in [-0.05, 0) is 17.7 Å². The Bertz CT molecular complexity index is 663. The summed E-state index contributed by atoms with van der Waals surface area (Å²) in [4.78, 5) is 23.8. The highest BCUT2D eigenvalue weighted by Crippen LogP contribution is 2.23. The average molecular weight is 383 g/mol. The number of anilines is 1. The number of carbonyl (C=O) groups excluding carboxylic acids is 2. The van der Waals surface area contributed by atoms with Crippen LogP contribution in [0, 0.1) is 0 Å². The van der Waals surface area contributed by atoms with Crippen LogP contribution in [0.15, 0.2) is 36.9 Å². The van der Waals surface area contributed by atoms with Gasteiger partial charge in [-0.15, -0.1) is 0 Å². The Morgan fingerprint density at radius 1 is 1.15 bits per heavy atom. The van der Waals surface area contributed by atoms with Crippen molar-refractivity contribution < 1.29 is 44.2 Å². The number of ether oxygens (including phenoxy) is 3. The second kappa shape index (κ2) is 9.44. The zero-order valence-corrected chi connectivity index (χ0v) is 14.2. The largest absolute Gasteiger partial charge is 0.459 e. The summed E-state index contributed by atoms with van der Waals surface area (Å²) in [6, 6.07) is 6.18. The zero-order chi connectivity index (χ0) is 20.0. The van der Waals surface area contributed by atoms with Gasteiger partial charge in [0.1, 0.15) is 24.9 Å². The Morgan fingerprint density at radius 2 is 1.81 bits per heavy atom.